The SMILES string of the molecule is CC(C)(C)OC(=O)Nc1cc(N2CCCCC2)cc(C(F)(F)F)c1. The lowest BCUT2D eigenvalue weighted by atomic mass is 10.1. The van der Waals surface area contributed by atoms with Crippen LogP contribution < -0.4 is 10.2 Å². The van der Waals surface area contributed by atoms with Crippen LogP contribution in [0.1, 0.15) is 45.6 Å². The van der Waals surface area contributed by atoms with E-state index in [4.69, 9.17) is 4.74 Å². The molecule has 1 aliphatic rings. The van der Waals surface area contributed by atoms with E-state index in [-0.39, 0.29) is 5.69 Å². The van der Waals surface area contributed by atoms with Gasteiger partial charge in [-0.25, -0.2) is 4.79 Å². The number of anilines is 2. The molecule has 4 nitrogen and oxygen atoms in total. The van der Waals surface area contributed by atoms with Crippen molar-refractivity contribution in [2.45, 2.75) is 51.8 Å². The molecule has 1 fully saturated rings. The highest BCUT2D eigenvalue weighted by molar-refractivity contribution is 5.86. The molecule has 1 N–H and O–H groups in total. The Bertz CT molecular complexity index is 588. The minimum atomic E-state index is -4.48. The van der Waals surface area contributed by atoms with E-state index >= 15 is 0 Å². The Balaban J connectivity index is 2.27. The van der Waals surface area contributed by atoms with Crippen LogP contribution in [0.5, 0.6) is 0 Å². The smallest absolute Gasteiger partial charge is 0.416 e. The van der Waals surface area contributed by atoms with Crippen molar-refractivity contribution in [1.29, 1.82) is 0 Å². The quantitative estimate of drug-likeness (QED) is 0.817. The Kier molecular flexibility index (Phi) is 5.30. The maximum Gasteiger partial charge on any atom is 0.416 e. The largest absolute Gasteiger partial charge is 0.444 e. The van der Waals surface area contributed by atoms with Crippen molar-refractivity contribution in [3.8, 4) is 0 Å². The van der Waals surface area contributed by atoms with Crippen molar-refractivity contribution < 1.29 is 22.7 Å². The minimum Gasteiger partial charge on any atom is -0.444 e. The Morgan fingerprint density at radius 1 is 1.08 bits per heavy atom. The maximum absolute atomic E-state index is 13.2. The fourth-order valence-corrected chi connectivity index (χ4v) is 2.60. The molecule has 0 aliphatic carbocycles. The molecule has 2 rings (SSSR count). The summed E-state index contributed by atoms with van der Waals surface area (Å²) >= 11 is 0. The van der Waals surface area contributed by atoms with Crippen molar-refractivity contribution in [3.05, 3.63) is 23.8 Å². The molecule has 0 radical (unpaired) electrons. The molecule has 1 aliphatic heterocycles. The first kappa shape index (κ1) is 18.4. The van der Waals surface area contributed by atoms with E-state index in [0.717, 1.165) is 31.4 Å². The average molecular weight is 344 g/mol. The Hall–Kier alpha value is -1.92. The fourth-order valence-electron chi connectivity index (χ4n) is 2.60. The summed E-state index contributed by atoms with van der Waals surface area (Å²) in [6.45, 7) is 6.51. The molecular weight excluding hydrogens is 321 g/mol. The molecule has 0 atom stereocenters. The van der Waals surface area contributed by atoms with E-state index in [0.29, 0.717) is 18.8 Å². The van der Waals surface area contributed by atoms with E-state index in [1.165, 1.54) is 0 Å². The Morgan fingerprint density at radius 2 is 1.71 bits per heavy atom. The summed E-state index contributed by atoms with van der Waals surface area (Å²) in [5, 5.41) is 2.40. The molecule has 0 bridgehead atoms. The van der Waals surface area contributed by atoms with E-state index in [9.17, 15) is 18.0 Å². The van der Waals surface area contributed by atoms with Gasteiger partial charge < -0.3 is 9.64 Å². The van der Waals surface area contributed by atoms with Crippen LogP contribution in [0.2, 0.25) is 0 Å². The predicted molar refractivity (Wildman–Crippen MR) is 87.4 cm³/mol. The number of rotatable bonds is 2. The van der Waals surface area contributed by atoms with Gasteiger partial charge in [-0.15, -0.1) is 0 Å². The number of hydrogen-bond acceptors (Lipinski definition) is 3. The molecule has 24 heavy (non-hydrogen) atoms. The van der Waals surface area contributed by atoms with Gasteiger partial charge in [0.1, 0.15) is 5.60 Å². The van der Waals surface area contributed by atoms with Crippen LogP contribution in [0.25, 0.3) is 0 Å². The number of amides is 1. The average Bonchev–Trinajstić information content (AvgIpc) is 2.45. The second kappa shape index (κ2) is 6.91. The number of hydrogen-bond donors (Lipinski definition) is 1. The molecule has 0 unspecified atom stereocenters. The summed E-state index contributed by atoms with van der Waals surface area (Å²) in [5.74, 6) is 0. The zero-order valence-corrected chi connectivity index (χ0v) is 14.2. The van der Waals surface area contributed by atoms with Crippen LogP contribution in [0.15, 0.2) is 18.2 Å². The second-order valence-electron chi connectivity index (χ2n) is 6.94. The molecule has 1 saturated heterocycles. The Labute approximate surface area is 140 Å². The lowest BCUT2D eigenvalue weighted by Crippen LogP contribution is -2.30. The summed E-state index contributed by atoms with van der Waals surface area (Å²) < 4.78 is 44.6. The zero-order chi connectivity index (χ0) is 18.0. The van der Waals surface area contributed by atoms with E-state index in [1.54, 1.807) is 26.8 Å². The second-order valence-corrected chi connectivity index (χ2v) is 6.94. The third-order valence-corrected chi connectivity index (χ3v) is 3.61. The van der Waals surface area contributed by atoms with Gasteiger partial charge in [-0.05, 0) is 58.2 Å². The van der Waals surface area contributed by atoms with Crippen molar-refractivity contribution in [1.82, 2.24) is 0 Å². The number of nitrogens with one attached hydrogen (secondary N) is 1. The van der Waals surface area contributed by atoms with Crippen molar-refractivity contribution >= 4 is 17.5 Å². The van der Waals surface area contributed by atoms with Gasteiger partial charge >= 0.3 is 12.3 Å². The molecule has 0 aromatic heterocycles. The lowest BCUT2D eigenvalue weighted by molar-refractivity contribution is -0.137. The van der Waals surface area contributed by atoms with E-state index in [2.05, 4.69) is 5.32 Å². The van der Waals surface area contributed by atoms with Gasteiger partial charge in [0.15, 0.2) is 0 Å². The number of nitrogens with zero attached hydrogens (tertiary/aromatic N) is 1. The highest BCUT2D eigenvalue weighted by Gasteiger charge is 2.32. The topological polar surface area (TPSA) is 41.6 Å². The van der Waals surface area contributed by atoms with Crippen molar-refractivity contribution in [2.75, 3.05) is 23.3 Å². The number of halogens is 3. The van der Waals surface area contributed by atoms with E-state index in [1.807, 2.05) is 4.90 Å². The van der Waals surface area contributed by atoms with Gasteiger partial charge in [-0.2, -0.15) is 13.2 Å². The molecule has 0 spiro atoms. The number of carbonyl (C=O) groups is 1. The maximum atomic E-state index is 13.2. The minimum absolute atomic E-state index is 0.0830. The summed E-state index contributed by atoms with van der Waals surface area (Å²) in [7, 11) is 0. The number of benzene rings is 1. The molecule has 7 heteroatoms. The molecule has 1 aromatic carbocycles. The van der Waals surface area contributed by atoms with E-state index < -0.39 is 23.4 Å². The van der Waals surface area contributed by atoms with Gasteiger partial charge in [0, 0.05) is 24.5 Å². The predicted octanol–water partition coefficient (Wildman–Crippen LogP) is 5.04. The number of ether oxygens (including phenoxy) is 1. The standard InChI is InChI=1S/C17H23F3N2O2/c1-16(2,3)24-15(23)21-13-9-12(17(18,19)20)10-14(11-13)22-7-5-4-6-8-22/h9-11H,4-8H2,1-3H3,(H,21,23). The normalized spacial score (nSPS) is 16.0. The van der Waals surface area contributed by atoms with Crippen molar-refractivity contribution in [2.24, 2.45) is 0 Å². The molecule has 1 aromatic rings. The van der Waals surface area contributed by atoms with Crippen LogP contribution in [0.4, 0.5) is 29.3 Å². The highest BCUT2D eigenvalue weighted by atomic mass is 19.4. The molecular formula is C17H23F3N2O2. The van der Waals surface area contributed by atoms with Crippen LogP contribution in [-0.2, 0) is 10.9 Å². The van der Waals surface area contributed by atoms with Gasteiger partial charge in [0.25, 0.3) is 0 Å². The molecule has 1 amide bonds. The summed E-state index contributed by atoms with van der Waals surface area (Å²) in [6.07, 6.45) is -2.27. The van der Waals surface area contributed by atoms with Crippen LogP contribution in [-0.4, -0.2) is 24.8 Å². The third kappa shape index (κ3) is 5.32. The third-order valence-electron chi connectivity index (χ3n) is 3.61. The van der Waals surface area contributed by atoms with Crippen molar-refractivity contribution in [3.63, 3.8) is 0 Å². The van der Waals surface area contributed by atoms with Gasteiger partial charge in [-0.3, -0.25) is 5.32 Å². The van der Waals surface area contributed by atoms with Gasteiger partial charge in [-0.1, -0.05) is 0 Å². The van der Waals surface area contributed by atoms with Crippen LogP contribution in [0.3, 0.4) is 0 Å². The van der Waals surface area contributed by atoms with Gasteiger partial charge in [0.2, 0.25) is 0 Å². The van der Waals surface area contributed by atoms with Crippen LogP contribution in [0, 0.1) is 0 Å². The number of piperidine rings is 1. The zero-order valence-electron chi connectivity index (χ0n) is 14.2. The first-order valence-corrected chi connectivity index (χ1v) is 8.02. The fraction of sp³-hybridized carbons (Fsp3) is 0.588. The summed E-state index contributed by atoms with van der Waals surface area (Å²) in [6, 6.07) is 3.62. The first-order chi connectivity index (χ1) is 11.0. The highest BCUT2D eigenvalue weighted by Crippen LogP contribution is 2.35. The van der Waals surface area contributed by atoms with Crippen LogP contribution >= 0.6 is 0 Å². The Morgan fingerprint density at radius 3 is 2.25 bits per heavy atom. The summed E-state index contributed by atoms with van der Waals surface area (Å²) in [4.78, 5) is 13.8. The number of carbonyl (C=O) groups excluding carboxylic acids is 1. The molecule has 1 heterocycles. The molecule has 134 valence electrons. The molecule has 0 saturated carbocycles. The lowest BCUT2D eigenvalue weighted by Gasteiger charge is -2.30. The monoisotopic (exact) mass is 344 g/mol. The summed E-state index contributed by atoms with van der Waals surface area (Å²) in [5.41, 5.74) is -0.951. The number of alkyl halides is 3. The van der Waals surface area contributed by atoms with Gasteiger partial charge in [0.05, 0.1) is 5.56 Å². The first-order valence-electron chi connectivity index (χ1n) is 8.02.